The third-order valence-corrected chi connectivity index (χ3v) is 14.6. The van der Waals surface area contributed by atoms with Crippen molar-refractivity contribution in [2.24, 2.45) is 0 Å². The zero-order valence-electron chi connectivity index (χ0n) is 37.2. The Kier molecular flexibility index (Phi) is 14.5. The zero-order chi connectivity index (χ0) is 44.4. The van der Waals surface area contributed by atoms with Crippen molar-refractivity contribution < 1.29 is 56.4 Å². The number of nitrogens with zero attached hydrogens (tertiary/aromatic N) is 9. The highest BCUT2D eigenvalue weighted by Crippen LogP contribution is 2.62. The van der Waals surface area contributed by atoms with Gasteiger partial charge < -0.3 is 42.2 Å². The van der Waals surface area contributed by atoms with Crippen LogP contribution in [0.1, 0.15) is 90.4 Å². The molecule has 3 aromatic heterocycles. The smallest absolute Gasteiger partial charge is 0.416 e. The van der Waals surface area contributed by atoms with Gasteiger partial charge in [-0.15, -0.1) is 15.0 Å². The Hall–Kier alpha value is -3.31. The highest BCUT2D eigenvalue weighted by molar-refractivity contribution is 7.55. The van der Waals surface area contributed by atoms with Crippen LogP contribution in [0.4, 0.5) is 10.6 Å². The summed E-state index contributed by atoms with van der Waals surface area (Å²) in [5.74, 6) is -0.821. The summed E-state index contributed by atoms with van der Waals surface area (Å²) in [6, 6.07) is 0.780. The number of carbonyl (C=O) groups excluding carboxylic acids is 2. The Labute approximate surface area is 357 Å². The van der Waals surface area contributed by atoms with Crippen molar-refractivity contribution in [3.8, 4) is 0 Å². The van der Waals surface area contributed by atoms with Gasteiger partial charge in [-0.05, 0) is 79.0 Å². The van der Waals surface area contributed by atoms with Gasteiger partial charge in [0.15, 0.2) is 53.5 Å². The van der Waals surface area contributed by atoms with E-state index in [0.29, 0.717) is 18.3 Å². The van der Waals surface area contributed by atoms with E-state index in [1.807, 2.05) is 0 Å². The molecule has 1 unspecified atom stereocenters. The van der Waals surface area contributed by atoms with Crippen molar-refractivity contribution in [2.75, 3.05) is 45.0 Å². The molecule has 3 aliphatic rings. The zero-order valence-corrected chi connectivity index (χ0v) is 39.1. The van der Waals surface area contributed by atoms with E-state index in [0.717, 1.165) is 25.3 Å². The van der Waals surface area contributed by atoms with E-state index in [9.17, 15) is 14.2 Å². The lowest BCUT2D eigenvalue weighted by Gasteiger charge is -2.38. The fourth-order valence-corrected chi connectivity index (χ4v) is 10.2. The molecule has 0 aromatic carbocycles. The number of aldehydes is 1. The van der Waals surface area contributed by atoms with E-state index in [2.05, 4.69) is 50.1 Å². The average molecular weight is 896 g/mol. The Morgan fingerprint density at radius 3 is 2.41 bits per heavy atom. The summed E-state index contributed by atoms with van der Waals surface area (Å²) in [6.45, 7) is 19.4. The second-order valence-corrected chi connectivity index (χ2v) is 26.0. The highest BCUT2D eigenvalue weighted by atomic mass is 31.2. The van der Waals surface area contributed by atoms with Gasteiger partial charge >= 0.3 is 13.7 Å². The Bertz CT molecular complexity index is 2030. The molecule has 2 saturated heterocycles. The molecule has 6 rings (SSSR count). The van der Waals surface area contributed by atoms with Crippen LogP contribution in [0.2, 0.25) is 25.7 Å². The lowest BCUT2D eigenvalue weighted by molar-refractivity contribution is -0.207. The maximum absolute atomic E-state index is 14.9. The lowest BCUT2D eigenvalue weighted by Crippen LogP contribution is -2.47. The molecule has 3 fully saturated rings. The topological polar surface area (TPSA) is 225 Å². The third kappa shape index (κ3) is 10.7. The van der Waals surface area contributed by atoms with Gasteiger partial charge in [0.25, 0.3) is 0 Å². The van der Waals surface area contributed by atoms with E-state index in [-0.39, 0.29) is 68.7 Å². The number of methoxy groups -OCH3 is 1. The van der Waals surface area contributed by atoms with Gasteiger partial charge in [-0.3, -0.25) is 14.3 Å². The van der Waals surface area contributed by atoms with Crippen LogP contribution in [-0.2, 0) is 59.9 Å². The molecule has 23 heteroatoms. The van der Waals surface area contributed by atoms with Crippen molar-refractivity contribution in [2.45, 2.75) is 154 Å². The van der Waals surface area contributed by atoms with Gasteiger partial charge in [0.1, 0.15) is 23.9 Å². The predicted octanol–water partition coefficient (Wildman–Crippen LogP) is 5.52. The number of aromatic nitrogens is 8. The first-order chi connectivity index (χ1) is 28.7. The molecule has 0 N–H and O–H groups in total. The molecular weight excluding hydrogens is 834 g/mol. The van der Waals surface area contributed by atoms with Crippen molar-refractivity contribution in [1.29, 1.82) is 0 Å². The van der Waals surface area contributed by atoms with Gasteiger partial charge in [0.05, 0.1) is 44.4 Å². The number of tetrazole rings is 1. The summed E-state index contributed by atoms with van der Waals surface area (Å²) in [4.78, 5) is 37.9. The van der Waals surface area contributed by atoms with Crippen molar-refractivity contribution in [3.63, 3.8) is 0 Å². The second-order valence-electron chi connectivity index (χ2n) is 18.0. The molecule has 2 aliphatic heterocycles. The maximum atomic E-state index is 14.9. The summed E-state index contributed by atoms with van der Waals surface area (Å²) in [6.07, 6.45) is 0.356. The van der Waals surface area contributed by atoms with E-state index in [4.69, 9.17) is 42.2 Å². The molecule has 340 valence electrons. The molecule has 1 amide bonds. The van der Waals surface area contributed by atoms with E-state index >= 15 is 0 Å². The summed E-state index contributed by atoms with van der Waals surface area (Å²) < 4.78 is 71.7. The summed E-state index contributed by atoms with van der Waals surface area (Å²) >= 11 is 0. The number of rotatable bonds is 21. The molecule has 5 heterocycles. The minimum atomic E-state index is -4.16. The molecule has 3 aromatic rings. The summed E-state index contributed by atoms with van der Waals surface area (Å²) in [7, 11) is -4.02. The molecule has 21 nitrogen and oxygen atoms in total. The number of carbonyl (C=O) groups is 2. The summed E-state index contributed by atoms with van der Waals surface area (Å²) in [5, 5.41) is 16.2. The monoisotopic (exact) mass is 895 g/mol. The minimum Gasteiger partial charge on any atom is -0.443 e. The first-order valence-corrected chi connectivity index (χ1v) is 26.1. The number of hydrogen-bond donors (Lipinski definition) is 0. The number of amides is 1. The van der Waals surface area contributed by atoms with Gasteiger partial charge in [-0.1, -0.05) is 19.6 Å². The number of ether oxygens (including phenoxy) is 7. The van der Waals surface area contributed by atoms with Crippen LogP contribution in [-0.4, -0.2) is 142 Å². The Morgan fingerprint density at radius 1 is 1.10 bits per heavy atom. The van der Waals surface area contributed by atoms with Crippen LogP contribution in [0.25, 0.3) is 11.0 Å². The fraction of sp³-hybridized carbons (Fsp3) is 0.789. The molecular formula is C38H62N9O12PSi. The second kappa shape index (κ2) is 18.8. The normalized spacial score (nSPS) is 22.9. The molecule has 5 atom stereocenters. The van der Waals surface area contributed by atoms with E-state index < -0.39 is 63.0 Å². The molecule has 0 radical (unpaired) electrons. The number of fused-ring (bicyclic) bond motifs is 2. The van der Waals surface area contributed by atoms with Crippen molar-refractivity contribution in [1.82, 2.24) is 40.0 Å². The fourth-order valence-electron chi connectivity index (χ4n) is 7.35. The standard InChI is InChI=1S/C38H62N9O12PSi/c1-12-54-60(50,55-13-2)38(23-51-8,19-28-42-44-45(43-28)24-52-17-18-61(9,10)11)53-22-27-30-31(58-37(6,7)57-30)34(56-27)47-33-26(20-39-47)32(40-29(21-48)41-33)46(25-15-14-16-25)35(49)59-36(3,4)5/h20-21,25,27,30-31,34H,12-19,22-24H2,1-11H3/t27-,30-,31-,34-,38?/m1/s1. The quantitative estimate of drug-likeness (QED) is 0.0555. The summed E-state index contributed by atoms with van der Waals surface area (Å²) in [5.41, 5.74) is -0.557. The minimum absolute atomic E-state index is 0.0418. The van der Waals surface area contributed by atoms with Crippen LogP contribution >= 0.6 is 7.60 Å². The van der Waals surface area contributed by atoms with Gasteiger partial charge in [-0.25, -0.2) is 19.4 Å². The van der Waals surface area contributed by atoms with Crippen molar-refractivity contribution in [3.05, 3.63) is 17.8 Å². The van der Waals surface area contributed by atoms with Gasteiger partial charge in [0, 0.05) is 27.8 Å². The molecule has 0 bridgehead atoms. The van der Waals surface area contributed by atoms with Crippen molar-refractivity contribution >= 4 is 44.9 Å². The van der Waals surface area contributed by atoms with Crippen LogP contribution in [0, 0.1) is 0 Å². The number of hydrogen-bond acceptors (Lipinski definition) is 18. The van der Waals surface area contributed by atoms with E-state index in [1.54, 1.807) is 48.5 Å². The highest BCUT2D eigenvalue weighted by Gasteiger charge is 2.59. The average Bonchev–Trinajstić information content (AvgIpc) is 3.92. The van der Waals surface area contributed by atoms with Crippen LogP contribution in [0.5, 0.6) is 0 Å². The SMILES string of the molecule is CCOP(=O)(OCC)C(COC)(Cc1nnn(COCC[Si](C)(C)C)n1)OC[C@H]1O[C@@H](n2ncc3c(N(C(=O)OC(C)(C)C)C4CCC4)nc(C=O)nc32)[C@@H]2OC(C)(C)O[C@@H]21. The molecule has 1 saturated carbocycles. The maximum Gasteiger partial charge on any atom is 0.416 e. The molecule has 61 heavy (non-hydrogen) atoms. The first kappa shape index (κ1) is 47.2. The van der Waals surface area contributed by atoms with Crippen LogP contribution in [0.3, 0.4) is 0 Å². The third-order valence-electron chi connectivity index (χ3n) is 10.3. The van der Waals surface area contributed by atoms with Crippen LogP contribution < -0.4 is 4.90 Å². The predicted molar refractivity (Wildman–Crippen MR) is 222 cm³/mol. The number of anilines is 1. The lowest BCUT2D eigenvalue weighted by atomic mass is 9.91. The first-order valence-electron chi connectivity index (χ1n) is 20.8. The Balaban J connectivity index is 1.32. The molecule has 0 spiro atoms. The van der Waals surface area contributed by atoms with Crippen LogP contribution in [0.15, 0.2) is 6.20 Å². The largest absolute Gasteiger partial charge is 0.443 e. The Morgan fingerprint density at radius 2 is 1.80 bits per heavy atom. The van der Waals surface area contributed by atoms with E-state index in [1.165, 1.54) is 27.7 Å². The van der Waals surface area contributed by atoms with Gasteiger partial charge in [0.2, 0.25) is 0 Å². The van der Waals surface area contributed by atoms with Gasteiger partial charge in [-0.2, -0.15) is 5.10 Å². The molecule has 1 aliphatic carbocycles.